The highest BCUT2D eigenvalue weighted by Gasteiger charge is 2.05. The molecule has 1 aromatic carbocycles. The Morgan fingerprint density at radius 2 is 1.91 bits per heavy atom. The number of benzene rings is 1. The van der Waals surface area contributed by atoms with Crippen molar-refractivity contribution in [3.8, 4) is 0 Å². The molecule has 0 bridgehead atoms. The first-order chi connectivity index (χ1) is 5.25. The van der Waals surface area contributed by atoms with Gasteiger partial charge in [-0.3, -0.25) is 0 Å². The maximum atomic E-state index is 8.89. The molecule has 0 aromatic heterocycles. The average molecular weight is 152 g/mol. The lowest BCUT2D eigenvalue weighted by atomic mass is 10.1. The molecule has 0 aliphatic carbocycles. The molecule has 0 aliphatic heterocycles. The van der Waals surface area contributed by atoms with Gasteiger partial charge in [-0.15, -0.1) is 0 Å². The Morgan fingerprint density at radius 3 is 2.36 bits per heavy atom. The lowest BCUT2D eigenvalue weighted by molar-refractivity contribution is -0.0430. The second kappa shape index (κ2) is 3.51. The number of aryl methyl sites for hydroxylation is 1. The SMILES string of the molecule is CCc1ccccc1C(O)O. The molecule has 0 saturated heterocycles. The Hall–Kier alpha value is -0.860. The summed E-state index contributed by atoms with van der Waals surface area (Å²) >= 11 is 0. The van der Waals surface area contributed by atoms with Crippen LogP contribution in [0, 0.1) is 0 Å². The fourth-order valence-corrected chi connectivity index (χ4v) is 1.11. The Kier molecular flexibility index (Phi) is 2.63. The van der Waals surface area contributed by atoms with E-state index in [1.807, 2.05) is 19.1 Å². The van der Waals surface area contributed by atoms with Crippen molar-refractivity contribution >= 4 is 0 Å². The Bertz CT molecular complexity index is 231. The van der Waals surface area contributed by atoms with Crippen LogP contribution in [-0.4, -0.2) is 10.2 Å². The summed E-state index contributed by atoms with van der Waals surface area (Å²) in [4.78, 5) is 0. The summed E-state index contributed by atoms with van der Waals surface area (Å²) < 4.78 is 0. The second-order valence-electron chi connectivity index (χ2n) is 2.43. The molecule has 0 radical (unpaired) electrons. The van der Waals surface area contributed by atoms with Gasteiger partial charge in [0.25, 0.3) is 0 Å². The van der Waals surface area contributed by atoms with Crippen LogP contribution in [0.15, 0.2) is 24.3 Å². The van der Waals surface area contributed by atoms with E-state index in [9.17, 15) is 0 Å². The third-order valence-electron chi connectivity index (χ3n) is 1.71. The van der Waals surface area contributed by atoms with Gasteiger partial charge in [0, 0.05) is 5.56 Å². The number of hydrogen-bond donors (Lipinski definition) is 2. The van der Waals surface area contributed by atoms with Crippen molar-refractivity contribution in [3.05, 3.63) is 35.4 Å². The molecule has 2 heteroatoms. The molecule has 0 atom stereocenters. The van der Waals surface area contributed by atoms with Gasteiger partial charge >= 0.3 is 0 Å². The zero-order valence-electron chi connectivity index (χ0n) is 6.49. The van der Waals surface area contributed by atoms with Gasteiger partial charge in [0.15, 0.2) is 6.29 Å². The first-order valence-electron chi connectivity index (χ1n) is 3.69. The van der Waals surface area contributed by atoms with Gasteiger partial charge in [0.05, 0.1) is 0 Å². The van der Waals surface area contributed by atoms with E-state index in [2.05, 4.69) is 0 Å². The molecule has 11 heavy (non-hydrogen) atoms. The van der Waals surface area contributed by atoms with Crippen molar-refractivity contribution in [1.29, 1.82) is 0 Å². The van der Waals surface area contributed by atoms with Crippen LogP contribution in [0.4, 0.5) is 0 Å². The second-order valence-corrected chi connectivity index (χ2v) is 2.43. The maximum Gasteiger partial charge on any atom is 0.178 e. The summed E-state index contributed by atoms with van der Waals surface area (Å²) in [6.07, 6.45) is -0.514. The van der Waals surface area contributed by atoms with E-state index in [0.717, 1.165) is 12.0 Å². The quantitative estimate of drug-likeness (QED) is 0.626. The van der Waals surface area contributed by atoms with E-state index in [4.69, 9.17) is 10.2 Å². The van der Waals surface area contributed by atoms with E-state index < -0.39 is 6.29 Å². The van der Waals surface area contributed by atoms with Crippen LogP contribution in [0.5, 0.6) is 0 Å². The van der Waals surface area contributed by atoms with Crippen molar-refractivity contribution in [1.82, 2.24) is 0 Å². The number of aliphatic hydroxyl groups is 2. The van der Waals surface area contributed by atoms with E-state index in [-0.39, 0.29) is 0 Å². The predicted molar refractivity (Wildman–Crippen MR) is 43.0 cm³/mol. The zero-order chi connectivity index (χ0) is 8.27. The fraction of sp³-hybridized carbons (Fsp3) is 0.333. The van der Waals surface area contributed by atoms with Crippen molar-refractivity contribution < 1.29 is 10.2 Å². The monoisotopic (exact) mass is 152 g/mol. The highest BCUT2D eigenvalue weighted by atomic mass is 16.5. The normalized spacial score (nSPS) is 10.5. The number of rotatable bonds is 2. The summed E-state index contributed by atoms with van der Waals surface area (Å²) in [5.41, 5.74) is 1.59. The molecule has 1 rings (SSSR count). The molecule has 0 fully saturated rings. The first kappa shape index (κ1) is 8.24. The van der Waals surface area contributed by atoms with Crippen LogP contribution >= 0.6 is 0 Å². The lowest BCUT2D eigenvalue weighted by Crippen LogP contribution is -1.99. The van der Waals surface area contributed by atoms with Gasteiger partial charge in [0.1, 0.15) is 0 Å². The van der Waals surface area contributed by atoms with Gasteiger partial charge in [-0.2, -0.15) is 0 Å². The number of hydrogen-bond acceptors (Lipinski definition) is 2. The zero-order valence-corrected chi connectivity index (χ0v) is 6.49. The van der Waals surface area contributed by atoms with Gasteiger partial charge in [0.2, 0.25) is 0 Å². The molecular formula is C9H12O2. The Balaban J connectivity index is 3.02. The average Bonchev–Trinajstić information content (AvgIpc) is 2.04. The minimum absolute atomic E-state index is 0.606. The van der Waals surface area contributed by atoms with Crippen molar-refractivity contribution in [2.24, 2.45) is 0 Å². The van der Waals surface area contributed by atoms with E-state index in [0.29, 0.717) is 5.56 Å². The Labute approximate surface area is 66.1 Å². The first-order valence-corrected chi connectivity index (χ1v) is 3.69. The minimum atomic E-state index is -1.34. The summed E-state index contributed by atoms with van der Waals surface area (Å²) in [6, 6.07) is 7.32. The van der Waals surface area contributed by atoms with Gasteiger partial charge in [-0.1, -0.05) is 31.2 Å². The summed E-state index contributed by atoms with van der Waals surface area (Å²) in [5, 5.41) is 17.8. The Morgan fingerprint density at radius 1 is 1.27 bits per heavy atom. The van der Waals surface area contributed by atoms with Crippen LogP contribution < -0.4 is 0 Å². The van der Waals surface area contributed by atoms with Crippen LogP contribution in [-0.2, 0) is 6.42 Å². The van der Waals surface area contributed by atoms with Crippen LogP contribution in [0.1, 0.15) is 24.3 Å². The minimum Gasteiger partial charge on any atom is -0.364 e. The third kappa shape index (κ3) is 1.79. The maximum absolute atomic E-state index is 8.89. The van der Waals surface area contributed by atoms with Crippen LogP contribution in [0.3, 0.4) is 0 Å². The van der Waals surface area contributed by atoms with E-state index in [1.54, 1.807) is 12.1 Å². The molecule has 0 unspecified atom stereocenters. The molecule has 2 N–H and O–H groups in total. The highest BCUT2D eigenvalue weighted by molar-refractivity contribution is 5.27. The third-order valence-corrected chi connectivity index (χ3v) is 1.71. The molecule has 60 valence electrons. The molecule has 0 amide bonds. The van der Waals surface area contributed by atoms with Crippen molar-refractivity contribution in [2.45, 2.75) is 19.6 Å². The van der Waals surface area contributed by atoms with E-state index in [1.165, 1.54) is 0 Å². The molecule has 0 heterocycles. The molecule has 2 nitrogen and oxygen atoms in total. The highest BCUT2D eigenvalue weighted by Crippen LogP contribution is 2.15. The molecule has 0 aliphatic rings. The fourth-order valence-electron chi connectivity index (χ4n) is 1.11. The summed E-state index contributed by atoms with van der Waals surface area (Å²) in [5.74, 6) is 0. The largest absolute Gasteiger partial charge is 0.364 e. The van der Waals surface area contributed by atoms with Crippen molar-refractivity contribution in [3.63, 3.8) is 0 Å². The topological polar surface area (TPSA) is 40.5 Å². The predicted octanol–water partition coefficient (Wildman–Crippen LogP) is 1.23. The smallest absolute Gasteiger partial charge is 0.178 e. The molecule has 0 spiro atoms. The van der Waals surface area contributed by atoms with Gasteiger partial charge in [-0.05, 0) is 12.0 Å². The van der Waals surface area contributed by atoms with Gasteiger partial charge in [-0.25, -0.2) is 0 Å². The van der Waals surface area contributed by atoms with Gasteiger partial charge < -0.3 is 10.2 Å². The van der Waals surface area contributed by atoms with Crippen molar-refractivity contribution in [2.75, 3.05) is 0 Å². The van der Waals surface area contributed by atoms with Crippen LogP contribution in [0.2, 0.25) is 0 Å². The summed E-state index contributed by atoms with van der Waals surface area (Å²) in [7, 11) is 0. The standard InChI is InChI=1S/C9H12O2/c1-2-7-5-3-4-6-8(7)9(10)11/h3-6,9-11H,2H2,1H3. The molecule has 0 saturated carbocycles. The summed E-state index contributed by atoms with van der Waals surface area (Å²) in [6.45, 7) is 1.99. The molecule has 1 aromatic rings. The number of aliphatic hydroxyl groups excluding tert-OH is 1. The van der Waals surface area contributed by atoms with E-state index >= 15 is 0 Å². The molecular weight excluding hydrogens is 140 g/mol. The lowest BCUT2D eigenvalue weighted by Gasteiger charge is -2.08. The van der Waals surface area contributed by atoms with Crippen LogP contribution in [0.25, 0.3) is 0 Å².